The maximum Gasteiger partial charge on any atom is 0.255 e. The summed E-state index contributed by atoms with van der Waals surface area (Å²) in [6.45, 7) is 4.75. The van der Waals surface area contributed by atoms with Gasteiger partial charge in [-0.3, -0.25) is 4.79 Å². The quantitative estimate of drug-likeness (QED) is 0.801. The zero-order valence-corrected chi connectivity index (χ0v) is 15.3. The molecule has 25 heavy (non-hydrogen) atoms. The van der Waals surface area contributed by atoms with Crippen molar-refractivity contribution in [3.63, 3.8) is 0 Å². The molecule has 1 aliphatic carbocycles. The molecule has 2 saturated heterocycles. The predicted octanol–water partition coefficient (Wildman–Crippen LogP) is 3.64. The van der Waals surface area contributed by atoms with Gasteiger partial charge in [0.1, 0.15) is 0 Å². The largest absolute Gasteiger partial charge is 0.381 e. The first-order valence-electron chi connectivity index (χ1n) is 9.37. The molecule has 1 saturated carbocycles. The van der Waals surface area contributed by atoms with Crippen LogP contribution in [-0.4, -0.2) is 50.3 Å². The first-order valence-corrected chi connectivity index (χ1v) is 9.75. The SMILES string of the molecule is O=C(c1ccccc1Cl)N1CC(COCC2CC2)C2(CCOCC2)C1. The molecule has 3 fully saturated rings. The third-order valence-corrected chi connectivity index (χ3v) is 6.39. The fraction of sp³-hybridized carbons (Fsp3) is 0.650. The van der Waals surface area contributed by atoms with Gasteiger partial charge in [-0.15, -0.1) is 0 Å². The van der Waals surface area contributed by atoms with E-state index in [2.05, 4.69) is 0 Å². The van der Waals surface area contributed by atoms with E-state index in [0.717, 1.165) is 58.3 Å². The van der Waals surface area contributed by atoms with Gasteiger partial charge in [0, 0.05) is 38.8 Å². The van der Waals surface area contributed by atoms with E-state index in [0.29, 0.717) is 16.5 Å². The minimum absolute atomic E-state index is 0.0427. The Balaban J connectivity index is 1.48. The Hall–Kier alpha value is -1.10. The number of nitrogens with zero attached hydrogens (tertiary/aromatic N) is 1. The first kappa shape index (κ1) is 17.3. The van der Waals surface area contributed by atoms with E-state index < -0.39 is 0 Å². The van der Waals surface area contributed by atoms with Gasteiger partial charge in [-0.2, -0.15) is 0 Å². The van der Waals surface area contributed by atoms with Gasteiger partial charge in [0.05, 0.1) is 17.2 Å². The molecule has 1 aromatic carbocycles. The van der Waals surface area contributed by atoms with Crippen LogP contribution in [0.15, 0.2) is 24.3 Å². The molecule has 3 aliphatic rings. The zero-order valence-electron chi connectivity index (χ0n) is 14.6. The minimum Gasteiger partial charge on any atom is -0.381 e. The number of ether oxygens (including phenoxy) is 2. The molecule has 0 N–H and O–H groups in total. The predicted molar refractivity (Wildman–Crippen MR) is 96.9 cm³/mol. The maximum absolute atomic E-state index is 13.0. The van der Waals surface area contributed by atoms with Crippen LogP contribution < -0.4 is 0 Å². The lowest BCUT2D eigenvalue weighted by Gasteiger charge is -2.37. The fourth-order valence-electron chi connectivity index (χ4n) is 4.23. The van der Waals surface area contributed by atoms with Crippen molar-refractivity contribution >= 4 is 17.5 Å². The normalized spacial score (nSPS) is 25.5. The summed E-state index contributed by atoms with van der Waals surface area (Å²) in [5.74, 6) is 1.20. The van der Waals surface area contributed by atoms with E-state index in [1.54, 1.807) is 6.07 Å². The van der Waals surface area contributed by atoms with Crippen molar-refractivity contribution in [2.24, 2.45) is 17.3 Å². The van der Waals surface area contributed by atoms with Crippen LogP contribution in [0.1, 0.15) is 36.0 Å². The van der Waals surface area contributed by atoms with Crippen molar-refractivity contribution in [2.75, 3.05) is 39.5 Å². The summed E-state index contributed by atoms with van der Waals surface area (Å²) in [4.78, 5) is 15.0. The topological polar surface area (TPSA) is 38.8 Å². The minimum atomic E-state index is 0.0427. The highest BCUT2D eigenvalue weighted by Crippen LogP contribution is 2.45. The van der Waals surface area contributed by atoms with Gasteiger partial charge in [-0.1, -0.05) is 23.7 Å². The molecule has 4 rings (SSSR count). The summed E-state index contributed by atoms with van der Waals surface area (Å²) < 4.78 is 11.6. The van der Waals surface area contributed by atoms with Crippen molar-refractivity contribution in [2.45, 2.75) is 25.7 Å². The molecule has 1 aromatic rings. The first-order chi connectivity index (χ1) is 12.2. The van der Waals surface area contributed by atoms with Gasteiger partial charge >= 0.3 is 0 Å². The number of rotatable bonds is 5. The van der Waals surface area contributed by atoms with E-state index >= 15 is 0 Å². The molecular formula is C20H26ClNO3. The number of carbonyl (C=O) groups excluding carboxylic acids is 1. The Morgan fingerprint density at radius 3 is 2.72 bits per heavy atom. The smallest absolute Gasteiger partial charge is 0.255 e. The molecule has 4 nitrogen and oxygen atoms in total. The van der Waals surface area contributed by atoms with Crippen molar-refractivity contribution in [1.29, 1.82) is 0 Å². The highest BCUT2D eigenvalue weighted by molar-refractivity contribution is 6.33. The molecule has 0 radical (unpaired) electrons. The fourth-order valence-corrected chi connectivity index (χ4v) is 4.44. The van der Waals surface area contributed by atoms with E-state index in [1.165, 1.54) is 12.8 Å². The second-order valence-electron chi connectivity index (χ2n) is 7.82. The Bertz CT molecular complexity index is 625. The van der Waals surface area contributed by atoms with Crippen LogP contribution in [0.4, 0.5) is 0 Å². The number of benzene rings is 1. The standard InChI is InChI=1S/C20H26ClNO3/c21-18-4-2-1-3-17(18)19(23)22-11-16(13-25-12-15-5-6-15)20(14-22)7-9-24-10-8-20/h1-4,15-16H,5-14H2. The summed E-state index contributed by atoms with van der Waals surface area (Å²) >= 11 is 6.24. The summed E-state index contributed by atoms with van der Waals surface area (Å²) in [6, 6.07) is 7.33. The van der Waals surface area contributed by atoms with Crippen LogP contribution in [0.2, 0.25) is 5.02 Å². The third kappa shape index (κ3) is 3.71. The van der Waals surface area contributed by atoms with Crippen LogP contribution in [0, 0.1) is 17.3 Å². The maximum atomic E-state index is 13.0. The lowest BCUT2D eigenvalue weighted by Crippen LogP contribution is -2.39. The van der Waals surface area contributed by atoms with Crippen LogP contribution in [0.3, 0.4) is 0 Å². The average Bonchev–Trinajstić information content (AvgIpc) is 3.39. The summed E-state index contributed by atoms with van der Waals surface area (Å²) in [7, 11) is 0. The number of likely N-dealkylation sites (tertiary alicyclic amines) is 1. The van der Waals surface area contributed by atoms with Gasteiger partial charge in [-0.05, 0) is 49.1 Å². The Labute approximate surface area is 154 Å². The third-order valence-electron chi connectivity index (χ3n) is 6.06. The van der Waals surface area contributed by atoms with E-state index in [1.807, 2.05) is 23.1 Å². The van der Waals surface area contributed by atoms with Gasteiger partial charge < -0.3 is 14.4 Å². The zero-order chi connectivity index (χ0) is 17.3. The molecule has 2 aliphatic heterocycles. The van der Waals surface area contributed by atoms with E-state index in [-0.39, 0.29) is 11.3 Å². The number of carbonyl (C=O) groups is 1. The molecule has 0 aromatic heterocycles. The summed E-state index contributed by atoms with van der Waals surface area (Å²) in [5, 5.41) is 0.530. The van der Waals surface area contributed by atoms with Crippen LogP contribution in [0.5, 0.6) is 0 Å². The monoisotopic (exact) mass is 363 g/mol. The van der Waals surface area contributed by atoms with Crippen molar-refractivity contribution in [3.8, 4) is 0 Å². The molecule has 5 heteroatoms. The lowest BCUT2D eigenvalue weighted by molar-refractivity contribution is -0.0245. The molecule has 1 amide bonds. The summed E-state index contributed by atoms with van der Waals surface area (Å²) in [5.41, 5.74) is 0.740. The van der Waals surface area contributed by atoms with E-state index in [4.69, 9.17) is 21.1 Å². The molecule has 2 heterocycles. The molecule has 136 valence electrons. The van der Waals surface area contributed by atoms with E-state index in [9.17, 15) is 4.79 Å². The Kier molecular flexibility index (Phi) is 5.03. The lowest BCUT2D eigenvalue weighted by atomic mass is 9.72. The average molecular weight is 364 g/mol. The highest BCUT2D eigenvalue weighted by Gasteiger charge is 2.48. The Morgan fingerprint density at radius 2 is 2.00 bits per heavy atom. The number of hydrogen-bond donors (Lipinski definition) is 0. The van der Waals surface area contributed by atoms with Crippen LogP contribution in [-0.2, 0) is 9.47 Å². The molecule has 1 unspecified atom stereocenters. The number of amides is 1. The van der Waals surface area contributed by atoms with Crippen LogP contribution >= 0.6 is 11.6 Å². The van der Waals surface area contributed by atoms with Crippen LogP contribution in [0.25, 0.3) is 0 Å². The van der Waals surface area contributed by atoms with Gasteiger partial charge in [0.15, 0.2) is 0 Å². The molecule has 1 atom stereocenters. The summed E-state index contributed by atoms with van der Waals surface area (Å²) in [6.07, 6.45) is 4.63. The molecular weight excluding hydrogens is 338 g/mol. The molecule has 1 spiro atoms. The number of halogens is 1. The van der Waals surface area contributed by atoms with Crippen molar-refractivity contribution < 1.29 is 14.3 Å². The van der Waals surface area contributed by atoms with Gasteiger partial charge in [0.25, 0.3) is 5.91 Å². The second kappa shape index (κ2) is 7.26. The molecule has 0 bridgehead atoms. The number of hydrogen-bond acceptors (Lipinski definition) is 3. The van der Waals surface area contributed by atoms with Crippen molar-refractivity contribution in [3.05, 3.63) is 34.9 Å². The Morgan fingerprint density at radius 1 is 1.24 bits per heavy atom. The van der Waals surface area contributed by atoms with Gasteiger partial charge in [0.2, 0.25) is 0 Å². The second-order valence-corrected chi connectivity index (χ2v) is 8.23. The highest BCUT2D eigenvalue weighted by atomic mass is 35.5. The van der Waals surface area contributed by atoms with Gasteiger partial charge in [-0.25, -0.2) is 0 Å². The van der Waals surface area contributed by atoms with Crippen molar-refractivity contribution in [1.82, 2.24) is 4.90 Å².